The molecule has 0 aliphatic rings. The second-order valence-electron chi connectivity index (χ2n) is 13.3. The van der Waals surface area contributed by atoms with Crippen molar-refractivity contribution in [2.75, 3.05) is 39.6 Å². The zero-order chi connectivity index (χ0) is 32.6. The van der Waals surface area contributed by atoms with E-state index in [0.29, 0.717) is 0 Å². The quantitative estimate of drug-likeness (QED) is 0.101. The fraction of sp³-hybridized carbons (Fsp3) is 0.719. The van der Waals surface area contributed by atoms with Crippen LogP contribution in [0.5, 0.6) is 0 Å². The minimum absolute atomic E-state index is 0.0312. The molecule has 0 fully saturated rings. The average Bonchev–Trinajstić information content (AvgIpc) is 2.84. The molecule has 1 aromatic rings. The van der Waals surface area contributed by atoms with Crippen LogP contribution in [0.25, 0.3) is 0 Å². The van der Waals surface area contributed by atoms with Crippen molar-refractivity contribution in [3.63, 3.8) is 0 Å². The molecule has 0 saturated carbocycles. The molecule has 0 aliphatic carbocycles. The highest BCUT2D eigenvalue weighted by molar-refractivity contribution is 5.70. The number of hydrogen-bond donors (Lipinski definition) is 1. The molecule has 0 radical (unpaired) electrons. The van der Waals surface area contributed by atoms with Gasteiger partial charge in [0.15, 0.2) is 0 Å². The van der Waals surface area contributed by atoms with Gasteiger partial charge in [-0.3, -0.25) is 19.2 Å². The molecule has 0 spiro atoms. The Hall–Kier alpha value is -2.57. The summed E-state index contributed by atoms with van der Waals surface area (Å²) in [6, 6.07) is 9.58. The predicted molar refractivity (Wildman–Crippen MR) is 161 cm³/mol. The van der Waals surface area contributed by atoms with E-state index >= 15 is 0 Å². The van der Waals surface area contributed by atoms with E-state index in [2.05, 4.69) is 5.48 Å². The van der Waals surface area contributed by atoms with Crippen molar-refractivity contribution in [3.05, 3.63) is 35.9 Å². The number of ether oxygens (including phenoxy) is 6. The first-order valence-corrected chi connectivity index (χ1v) is 14.7. The summed E-state index contributed by atoms with van der Waals surface area (Å²) in [7, 11) is 0. The summed E-state index contributed by atoms with van der Waals surface area (Å²) in [6.07, 6.45) is 0.158. The van der Waals surface area contributed by atoms with Crippen molar-refractivity contribution in [2.45, 2.75) is 111 Å². The van der Waals surface area contributed by atoms with Crippen LogP contribution in [0, 0.1) is 0 Å². The number of benzene rings is 1. The Morgan fingerprint density at radius 2 is 0.930 bits per heavy atom. The molecule has 0 amide bonds. The Morgan fingerprint density at radius 3 is 1.26 bits per heavy atom. The highest BCUT2D eigenvalue weighted by atomic mass is 16.7. The maximum Gasteiger partial charge on any atom is 0.308 e. The van der Waals surface area contributed by atoms with E-state index in [1.54, 1.807) is 62.3 Å². The third kappa shape index (κ3) is 20.9. The van der Waals surface area contributed by atoms with Gasteiger partial charge in [0.25, 0.3) is 0 Å². The molecule has 0 aliphatic heterocycles. The third-order valence-electron chi connectivity index (χ3n) is 5.12. The van der Waals surface area contributed by atoms with Gasteiger partial charge in [0.2, 0.25) is 0 Å². The largest absolute Gasteiger partial charge is 0.460 e. The van der Waals surface area contributed by atoms with Crippen LogP contribution in [-0.4, -0.2) is 79.9 Å². The van der Waals surface area contributed by atoms with Gasteiger partial charge in [0.05, 0.1) is 65.5 Å². The number of rotatable bonds is 19. The minimum Gasteiger partial charge on any atom is -0.460 e. The second-order valence-corrected chi connectivity index (χ2v) is 13.3. The lowest BCUT2D eigenvalue weighted by Crippen LogP contribution is -2.56. The molecular weight excluding hydrogens is 558 g/mol. The summed E-state index contributed by atoms with van der Waals surface area (Å²) < 4.78 is 33.7. The van der Waals surface area contributed by atoms with Crippen LogP contribution in [0.2, 0.25) is 0 Å². The number of esters is 3. The summed E-state index contributed by atoms with van der Waals surface area (Å²) in [4.78, 5) is 42.4. The van der Waals surface area contributed by atoms with Gasteiger partial charge in [-0.25, -0.2) is 0 Å². The molecule has 11 heteroatoms. The number of hydroxylamine groups is 1. The van der Waals surface area contributed by atoms with Gasteiger partial charge in [-0.15, -0.1) is 0 Å². The van der Waals surface area contributed by atoms with Crippen LogP contribution in [0.15, 0.2) is 30.3 Å². The minimum atomic E-state index is -1.05. The Bertz CT molecular complexity index is 873. The number of nitrogens with one attached hydrogen (secondary N) is 1. The Morgan fingerprint density at radius 1 is 0.581 bits per heavy atom. The van der Waals surface area contributed by atoms with E-state index < -0.39 is 22.3 Å². The lowest BCUT2D eigenvalue weighted by atomic mass is 10.0. The molecule has 0 unspecified atom stereocenters. The zero-order valence-electron chi connectivity index (χ0n) is 27.5. The van der Waals surface area contributed by atoms with Gasteiger partial charge in [-0.1, -0.05) is 30.3 Å². The Balaban J connectivity index is 2.93. The van der Waals surface area contributed by atoms with Gasteiger partial charge < -0.3 is 28.4 Å². The summed E-state index contributed by atoms with van der Waals surface area (Å²) >= 11 is 0. The maximum absolute atomic E-state index is 12.2. The first-order valence-electron chi connectivity index (χ1n) is 14.7. The Kier molecular flexibility index (Phi) is 16.4. The Labute approximate surface area is 257 Å². The van der Waals surface area contributed by atoms with Crippen molar-refractivity contribution >= 4 is 17.9 Å². The number of hydrogen-bond acceptors (Lipinski definition) is 11. The molecule has 1 aromatic carbocycles. The third-order valence-corrected chi connectivity index (χ3v) is 5.12. The smallest absolute Gasteiger partial charge is 0.308 e. The molecule has 0 atom stereocenters. The highest BCUT2D eigenvalue weighted by Gasteiger charge is 2.33. The summed E-state index contributed by atoms with van der Waals surface area (Å²) in [6.45, 7) is 16.8. The van der Waals surface area contributed by atoms with E-state index in [1.807, 2.05) is 30.3 Å². The molecule has 1 N–H and O–H groups in total. The van der Waals surface area contributed by atoms with E-state index in [9.17, 15) is 14.4 Å². The van der Waals surface area contributed by atoms with Crippen LogP contribution in [0.4, 0.5) is 0 Å². The predicted octanol–water partition coefficient (Wildman–Crippen LogP) is 4.69. The van der Waals surface area contributed by atoms with E-state index in [1.165, 1.54) is 0 Å². The van der Waals surface area contributed by atoms with Crippen LogP contribution in [-0.2, 0) is 54.2 Å². The average molecular weight is 612 g/mol. The fourth-order valence-corrected chi connectivity index (χ4v) is 3.51. The van der Waals surface area contributed by atoms with Gasteiger partial charge in [0, 0.05) is 0 Å². The maximum atomic E-state index is 12.2. The van der Waals surface area contributed by atoms with Crippen molar-refractivity contribution in [3.8, 4) is 0 Å². The monoisotopic (exact) mass is 611 g/mol. The van der Waals surface area contributed by atoms with Crippen LogP contribution < -0.4 is 5.48 Å². The normalized spacial score (nSPS) is 12.6. The lowest BCUT2D eigenvalue weighted by Gasteiger charge is -2.33. The fourth-order valence-electron chi connectivity index (χ4n) is 3.51. The van der Waals surface area contributed by atoms with E-state index in [4.69, 9.17) is 33.3 Å². The molecule has 43 heavy (non-hydrogen) atoms. The van der Waals surface area contributed by atoms with E-state index in [-0.39, 0.29) is 83.4 Å². The van der Waals surface area contributed by atoms with Gasteiger partial charge in [-0.05, 0) is 67.9 Å². The highest BCUT2D eigenvalue weighted by Crippen LogP contribution is 2.14. The molecule has 0 heterocycles. The van der Waals surface area contributed by atoms with Crippen LogP contribution in [0.3, 0.4) is 0 Å². The molecule has 0 bridgehead atoms. The molecule has 0 aromatic heterocycles. The number of carbonyl (C=O) groups excluding carboxylic acids is 3. The summed E-state index contributed by atoms with van der Waals surface area (Å²) in [5, 5.41) is 0. The van der Waals surface area contributed by atoms with Gasteiger partial charge >= 0.3 is 17.9 Å². The molecule has 1 rings (SSSR count). The zero-order valence-corrected chi connectivity index (χ0v) is 27.5. The first-order chi connectivity index (χ1) is 19.9. The summed E-state index contributed by atoms with van der Waals surface area (Å²) in [5.41, 5.74) is 1.12. The standard InChI is InChI=1S/C32H53NO10/c1-29(2,3)41-26(34)15-18-37-22-32(33-40-21-25-13-11-10-12-14-25,23-38-19-16-27(35)42-30(4,5)6)24-39-20-17-28(36)43-31(7,8)9/h10-14,33H,15-24H2,1-9H3. The summed E-state index contributed by atoms with van der Waals surface area (Å²) in [5.74, 6) is -1.14. The van der Waals surface area contributed by atoms with Crippen LogP contribution >= 0.6 is 0 Å². The molecule has 246 valence electrons. The van der Waals surface area contributed by atoms with Gasteiger partial charge in [0.1, 0.15) is 22.3 Å². The number of carbonyl (C=O) groups is 3. The van der Waals surface area contributed by atoms with Gasteiger partial charge in [-0.2, -0.15) is 5.48 Å². The molecule has 0 saturated heterocycles. The first kappa shape index (κ1) is 38.5. The van der Waals surface area contributed by atoms with Crippen molar-refractivity contribution < 1.29 is 47.6 Å². The molecule has 11 nitrogen and oxygen atoms in total. The molecular formula is C32H53NO10. The lowest BCUT2D eigenvalue weighted by molar-refractivity contribution is -0.157. The second kappa shape index (κ2) is 18.3. The van der Waals surface area contributed by atoms with Crippen molar-refractivity contribution in [2.24, 2.45) is 0 Å². The van der Waals surface area contributed by atoms with Crippen molar-refractivity contribution in [1.29, 1.82) is 0 Å². The topological polar surface area (TPSA) is 128 Å². The van der Waals surface area contributed by atoms with Crippen LogP contribution in [0.1, 0.15) is 87.1 Å². The van der Waals surface area contributed by atoms with E-state index in [0.717, 1.165) is 5.56 Å². The SMILES string of the molecule is CC(C)(C)OC(=O)CCOCC(COCCC(=O)OC(C)(C)C)(COCCC(=O)OC(C)(C)C)NOCc1ccccc1. The van der Waals surface area contributed by atoms with Crippen molar-refractivity contribution in [1.82, 2.24) is 5.48 Å².